The number of fused-ring (bicyclic) bond motifs is 3. The quantitative estimate of drug-likeness (QED) is 0.155. The SMILES string of the molecule is CCCCOCCCNCc1ccc(OC)c(-c2ccc(O)c3c2C[C@@H]2C[C@@H]4[C@@H](N(C)C)C(O)C(C(N)=O)C(=O)[C@]4(O)C(=O)C2C3=O)c1. The van der Waals surface area contributed by atoms with Gasteiger partial charge in [0, 0.05) is 37.3 Å². The number of phenols is 1. The summed E-state index contributed by atoms with van der Waals surface area (Å²) in [6.45, 7) is 4.93. The van der Waals surface area contributed by atoms with Gasteiger partial charge in [0.15, 0.2) is 23.0 Å². The van der Waals surface area contributed by atoms with Crippen molar-refractivity contribution in [2.45, 2.75) is 63.3 Å². The molecule has 1 amide bonds. The average molecular weight is 666 g/mol. The highest BCUT2D eigenvalue weighted by molar-refractivity contribution is 6.25. The van der Waals surface area contributed by atoms with Crippen LogP contribution in [0.4, 0.5) is 0 Å². The van der Waals surface area contributed by atoms with E-state index in [4.69, 9.17) is 15.2 Å². The van der Waals surface area contributed by atoms with E-state index in [-0.39, 0.29) is 24.2 Å². The monoisotopic (exact) mass is 665 g/mol. The molecule has 48 heavy (non-hydrogen) atoms. The summed E-state index contributed by atoms with van der Waals surface area (Å²) in [4.78, 5) is 55.8. The third-order valence-electron chi connectivity index (χ3n) is 10.3. The molecular formula is C36H47N3O9. The Morgan fingerprint density at radius 2 is 1.81 bits per heavy atom. The van der Waals surface area contributed by atoms with Crippen molar-refractivity contribution in [3.05, 3.63) is 47.0 Å². The lowest BCUT2D eigenvalue weighted by molar-refractivity contribution is -0.190. The van der Waals surface area contributed by atoms with Gasteiger partial charge in [-0.3, -0.25) is 19.2 Å². The van der Waals surface area contributed by atoms with Crippen LogP contribution in [0, 0.1) is 23.7 Å². The number of rotatable bonds is 13. The molecule has 0 aliphatic heterocycles. The van der Waals surface area contributed by atoms with Gasteiger partial charge < -0.3 is 40.7 Å². The third-order valence-corrected chi connectivity index (χ3v) is 10.3. The lowest BCUT2D eigenvalue weighted by Gasteiger charge is -2.54. The first-order valence-electron chi connectivity index (χ1n) is 16.7. The van der Waals surface area contributed by atoms with Crippen molar-refractivity contribution in [3.63, 3.8) is 0 Å². The molecule has 0 aromatic heterocycles. The number of carbonyl (C=O) groups excluding carboxylic acids is 4. The number of phenolic OH excluding ortho intramolecular Hbond substituents is 1. The zero-order valence-corrected chi connectivity index (χ0v) is 28.0. The molecule has 0 bridgehead atoms. The van der Waals surface area contributed by atoms with Crippen LogP contribution in [0.5, 0.6) is 11.5 Å². The van der Waals surface area contributed by atoms with E-state index in [1.54, 1.807) is 32.2 Å². The Balaban J connectivity index is 1.48. The Morgan fingerprint density at radius 3 is 2.48 bits per heavy atom. The Morgan fingerprint density at radius 1 is 1.08 bits per heavy atom. The highest BCUT2D eigenvalue weighted by Crippen LogP contribution is 2.52. The minimum atomic E-state index is -2.71. The Bertz CT molecular complexity index is 1580. The lowest BCUT2D eigenvalue weighted by Crippen LogP contribution is -2.75. The predicted molar refractivity (Wildman–Crippen MR) is 176 cm³/mol. The fourth-order valence-electron chi connectivity index (χ4n) is 8.03. The van der Waals surface area contributed by atoms with Crippen LogP contribution in [-0.2, 0) is 32.1 Å². The molecule has 12 heteroatoms. The van der Waals surface area contributed by atoms with Crippen LogP contribution in [-0.4, -0.2) is 102 Å². The first kappa shape index (κ1) is 35.6. The van der Waals surface area contributed by atoms with Crippen LogP contribution < -0.4 is 15.8 Å². The van der Waals surface area contributed by atoms with Gasteiger partial charge >= 0.3 is 0 Å². The average Bonchev–Trinajstić information content (AvgIpc) is 3.03. The molecule has 2 aromatic carbocycles. The number of ether oxygens (including phenoxy) is 2. The highest BCUT2D eigenvalue weighted by Gasteiger charge is 2.69. The second-order valence-corrected chi connectivity index (χ2v) is 13.5. The maximum Gasteiger partial charge on any atom is 0.230 e. The number of aromatic hydroxyl groups is 1. The number of nitrogens with zero attached hydrogens (tertiary/aromatic N) is 1. The van der Waals surface area contributed by atoms with E-state index >= 15 is 0 Å². The van der Waals surface area contributed by atoms with Crippen molar-refractivity contribution in [1.82, 2.24) is 10.2 Å². The number of amides is 1. The smallest absolute Gasteiger partial charge is 0.230 e. The highest BCUT2D eigenvalue weighted by atomic mass is 16.5. The van der Waals surface area contributed by atoms with E-state index in [9.17, 15) is 34.5 Å². The van der Waals surface area contributed by atoms with Crippen LogP contribution in [0.15, 0.2) is 30.3 Å². The molecule has 0 heterocycles. The Labute approximate surface area is 280 Å². The van der Waals surface area contributed by atoms with Crippen molar-refractivity contribution < 1.29 is 44.0 Å². The van der Waals surface area contributed by atoms with Crippen molar-refractivity contribution >= 4 is 23.3 Å². The number of methoxy groups -OCH3 is 1. The standard InChI is InChI=1S/C36H47N3O9/c1-5-6-13-48-14-7-12-38-18-19-8-11-26(47-4)22(15-19)21-9-10-25(40)28-23(21)16-20-17-24-30(39(2)3)32(42)29(35(37)45)34(44)36(24,46)33(43)27(20)31(28)41/h8-11,15,20,24,27,29-30,32,38,40,42,46H,5-7,12-14,16-18H2,1-4H3,(H2,37,45)/t20-,24-,27?,29?,30-,32?,36-/m1/s1. The van der Waals surface area contributed by atoms with Crippen LogP contribution >= 0.6 is 0 Å². The van der Waals surface area contributed by atoms with E-state index in [1.807, 2.05) is 18.2 Å². The van der Waals surface area contributed by atoms with Gasteiger partial charge in [-0.15, -0.1) is 0 Å². The number of nitrogens with one attached hydrogen (secondary N) is 1. The number of nitrogens with two attached hydrogens (primary N) is 1. The summed E-state index contributed by atoms with van der Waals surface area (Å²) in [6, 6.07) is 7.92. The van der Waals surface area contributed by atoms with Gasteiger partial charge in [-0.2, -0.15) is 0 Å². The van der Waals surface area contributed by atoms with E-state index in [0.29, 0.717) is 35.6 Å². The number of aliphatic hydroxyl groups excluding tert-OH is 1. The first-order valence-corrected chi connectivity index (χ1v) is 16.7. The number of likely N-dealkylation sites (N-methyl/N-ethyl adjacent to an activating group) is 1. The molecule has 260 valence electrons. The zero-order chi connectivity index (χ0) is 34.9. The molecule has 7 atom stereocenters. The number of ketones is 3. The summed E-state index contributed by atoms with van der Waals surface area (Å²) >= 11 is 0. The van der Waals surface area contributed by atoms with Gasteiger partial charge in [0.1, 0.15) is 17.4 Å². The van der Waals surface area contributed by atoms with E-state index in [0.717, 1.165) is 38.0 Å². The summed E-state index contributed by atoms with van der Waals surface area (Å²) in [5.74, 6) is -8.84. The molecule has 2 fully saturated rings. The normalized spacial score (nSPS) is 28.2. The zero-order valence-electron chi connectivity index (χ0n) is 28.0. The molecule has 6 N–H and O–H groups in total. The van der Waals surface area contributed by atoms with Gasteiger partial charge in [0.25, 0.3) is 0 Å². The van der Waals surface area contributed by atoms with E-state index in [2.05, 4.69) is 12.2 Å². The van der Waals surface area contributed by atoms with Crippen molar-refractivity contribution in [3.8, 4) is 22.6 Å². The van der Waals surface area contributed by atoms with Crippen LogP contribution in [0.1, 0.15) is 54.1 Å². The summed E-state index contributed by atoms with van der Waals surface area (Å²) in [5.41, 5.74) is 5.59. The number of benzene rings is 2. The molecule has 0 spiro atoms. The van der Waals surface area contributed by atoms with Gasteiger partial charge in [-0.1, -0.05) is 25.5 Å². The lowest BCUT2D eigenvalue weighted by atomic mass is 9.52. The van der Waals surface area contributed by atoms with E-state index in [1.165, 1.54) is 6.07 Å². The van der Waals surface area contributed by atoms with Crippen molar-refractivity contribution in [1.29, 1.82) is 0 Å². The number of Topliss-reactive ketones (excluding diaryl/α,β-unsaturated/α-hetero) is 3. The summed E-state index contributed by atoms with van der Waals surface area (Å²) in [7, 11) is 4.79. The molecule has 3 aliphatic rings. The summed E-state index contributed by atoms with van der Waals surface area (Å²) in [6.07, 6.45) is 1.68. The maximum atomic E-state index is 14.2. The topological polar surface area (TPSA) is 189 Å². The van der Waals surface area contributed by atoms with Gasteiger partial charge in [-0.25, -0.2) is 0 Å². The van der Waals surface area contributed by atoms with Gasteiger partial charge in [-0.05, 0) is 87.1 Å². The van der Waals surface area contributed by atoms with Crippen LogP contribution in [0.3, 0.4) is 0 Å². The van der Waals surface area contributed by atoms with E-state index < -0.39 is 64.7 Å². The number of primary amides is 1. The summed E-state index contributed by atoms with van der Waals surface area (Å²) < 4.78 is 11.4. The fourth-order valence-corrected chi connectivity index (χ4v) is 8.03. The molecule has 0 saturated heterocycles. The maximum absolute atomic E-state index is 14.2. The van der Waals surface area contributed by atoms with Crippen LogP contribution in [0.2, 0.25) is 0 Å². The number of unbranched alkanes of at least 4 members (excludes halogenated alkanes) is 1. The molecule has 12 nitrogen and oxygen atoms in total. The summed E-state index contributed by atoms with van der Waals surface area (Å²) in [5, 5.41) is 37.4. The van der Waals surface area contributed by atoms with Crippen molar-refractivity contribution in [2.24, 2.45) is 29.4 Å². The molecular weight excluding hydrogens is 618 g/mol. The molecule has 3 unspecified atom stereocenters. The molecule has 5 rings (SSSR count). The molecule has 2 aromatic rings. The second-order valence-electron chi connectivity index (χ2n) is 13.5. The predicted octanol–water partition coefficient (Wildman–Crippen LogP) is 1.63. The largest absolute Gasteiger partial charge is 0.507 e. The van der Waals surface area contributed by atoms with Crippen LogP contribution in [0.25, 0.3) is 11.1 Å². The van der Waals surface area contributed by atoms with Gasteiger partial charge in [0.05, 0.1) is 24.7 Å². The third kappa shape index (κ3) is 6.16. The number of aliphatic hydroxyl groups is 2. The Kier molecular flexibility index (Phi) is 10.7. The number of carbonyl (C=O) groups is 4. The van der Waals surface area contributed by atoms with Crippen molar-refractivity contribution in [2.75, 3.05) is 41.0 Å². The second kappa shape index (κ2) is 14.4. The minimum absolute atomic E-state index is 0.0353. The minimum Gasteiger partial charge on any atom is -0.507 e. The first-order chi connectivity index (χ1) is 22.9. The van der Waals surface area contributed by atoms with Gasteiger partial charge in [0.2, 0.25) is 5.91 Å². The molecule has 0 radical (unpaired) electrons. The molecule has 3 aliphatic carbocycles. The fraction of sp³-hybridized carbons (Fsp3) is 0.556. The Hall–Kier alpha value is -3.68. The molecule has 2 saturated carbocycles. The number of hydrogen-bond acceptors (Lipinski definition) is 11. The number of hydrogen-bond donors (Lipinski definition) is 5.